The Hall–Kier alpha value is -1.29. The highest BCUT2D eigenvalue weighted by molar-refractivity contribution is 14.0. The Morgan fingerprint density at radius 2 is 2.19 bits per heavy atom. The van der Waals surface area contributed by atoms with Crippen LogP contribution in [0.15, 0.2) is 27.8 Å². The fourth-order valence-electron chi connectivity index (χ4n) is 1.43. The van der Waals surface area contributed by atoms with E-state index in [0.29, 0.717) is 32.3 Å². The van der Waals surface area contributed by atoms with Gasteiger partial charge in [0.05, 0.1) is 26.0 Å². The molecule has 0 aliphatic carbocycles. The number of hydrogen-bond acceptors (Lipinski definition) is 4. The predicted molar refractivity (Wildman–Crippen MR) is 91.8 cm³/mol. The molecule has 0 aliphatic heterocycles. The van der Waals surface area contributed by atoms with Crippen LogP contribution in [0.1, 0.15) is 12.7 Å². The highest BCUT2D eigenvalue weighted by Crippen LogP contribution is 1.97. The van der Waals surface area contributed by atoms with E-state index in [-0.39, 0.29) is 36.4 Å². The van der Waals surface area contributed by atoms with Crippen LogP contribution in [-0.2, 0) is 16.1 Å². The molecule has 0 saturated carbocycles. The normalized spacial score (nSPS) is 10.7. The summed E-state index contributed by atoms with van der Waals surface area (Å²) in [5, 5.41) is 8.70. The van der Waals surface area contributed by atoms with E-state index in [1.807, 2.05) is 13.0 Å². The number of rotatable bonds is 8. The zero-order valence-electron chi connectivity index (χ0n) is 12.3. The second-order valence-corrected chi connectivity index (χ2v) is 3.91. The van der Waals surface area contributed by atoms with Crippen molar-refractivity contribution in [2.45, 2.75) is 13.5 Å². The molecule has 8 heteroatoms. The summed E-state index contributed by atoms with van der Waals surface area (Å²) in [7, 11) is 1.65. The summed E-state index contributed by atoms with van der Waals surface area (Å²) in [5.41, 5.74) is 0. The standard InChI is InChI=1S/C13H22N4O3.HI/c1-3-19-8-6-15-13(14-2)17-10-12(18)16-9-11-5-4-7-20-11;/h4-5,7H,3,6,8-10H2,1-2H3,(H,16,18)(H2,14,15,17);1H. The Morgan fingerprint density at radius 1 is 1.38 bits per heavy atom. The van der Waals surface area contributed by atoms with Crippen molar-refractivity contribution >= 4 is 35.8 Å². The van der Waals surface area contributed by atoms with Gasteiger partial charge in [-0.3, -0.25) is 9.79 Å². The van der Waals surface area contributed by atoms with Crippen LogP contribution in [0.25, 0.3) is 0 Å². The lowest BCUT2D eigenvalue weighted by Gasteiger charge is -2.11. The van der Waals surface area contributed by atoms with E-state index in [1.54, 1.807) is 19.4 Å². The fraction of sp³-hybridized carbons (Fsp3) is 0.538. The Kier molecular flexibility index (Phi) is 11.7. The molecule has 1 aromatic heterocycles. The Labute approximate surface area is 141 Å². The maximum Gasteiger partial charge on any atom is 0.239 e. The predicted octanol–water partition coefficient (Wildman–Crippen LogP) is 0.715. The zero-order chi connectivity index (χ0) is 14.6. The molecule has 0 aromatic carbocycles. The highest BCUT2D eigenvalue weighted by Gasteiger charge is 2.04. The number of aliphatic imine (C=N–C) groups is 1. The molecule has 120 valence electrons. The lowest BCUT2D eigenvalue weighted by Crippen LogP contribution is -2.43. The molecule has 0 atom stereocenters. The van der Waals surface area contributed by atoms with Crippen LogP contribution in [0.5, 0.6) is 0 Å². The van der Waals surface area contributed by atoms with E-state index in [1.165, 1.54) is 0 Å². The number of ether oxygens (including phenoxy) is 1. The first kappa shape index (κ1) is 19.7. The molecule has 0 aliphatic rings. The molecule has 7 nitrogen and oxygen atoms in total. The average Bonchev–Trinajstić information content (AvgIpc) is 2.97. The van der Waals surface area contributed by atoms with Crippen molar-refractivity contribution in [2.75, 3.05) is 33.4 Å². The number of amides is 1. The number of nitrogens with zero attached hydrogens (tertiary/aromatic N) is 1. The molecule has 0 saturated heterocycles. The molecule has 3 N–H and O–H groups in total. The lowest BCUT2D eigenvalue weighted by atomic mass is 10.4. The molecule has 0 radical (unpaired) electrons. The van der Waals surface area contributed by atoms with E-state index in [0.717, 1.165) is 5.76 Å². The fourth-order valence-corrected chi connectivity index (χ4v) is 1.43. The molecule has 1 rings (SSSR count). The highest BCUT2D eigenvalue weighted by atomic mass is 127. The average molecular weight is 410 g/mol. The third-order valence-electron chi connectivity index (χ3n) is 2.42. The van der Waals surface area contributed by atoms with Gasteiger partial charge in [0.2, 0.25) is 5.91 Å². The number of guanidine groups is 1. The third-order valence-corrected chi connectivity index (χ3v) is 2.42. The Morgan fingerprint density at radius 3 is 2.81 bits per heavy atom. The van der Waals surface area contributed by atoms with Gasteiger partial charge >= 0.3 is 0 Å². The summed E-state index contributed by atoms with van der Waals surface area (Å²) in [6, 6.07) is 3.59. The summed E-state index contributed by atoms with van der Waals surface area (Å²) >= 11 is 0. The first-order chi connectivity index (χ1) is 9.76. The number of hydrogen-bond donors (Lipinski definition) is 3. The first-order valence-electron chi connectivity index (χ1n) is 6.57. The van der Waals surface area contributed by atoms with Crippen LogP contribution in [0, 0.1) is 0 Å². The van der Waals surface area contributed by atoms with Crippen molar-refractivity contribution in [1.29, 1.82) is 0 Å². The van der Waals surface area contributed by atoms with E-state index < -0.39 is 0 Å². The van der Waals surface area contributed by atoms with Crippen LogP contribution in [-0.4, -0.2) is 45.2 Å². The number of furan rings is 1. The van der Waals surface area contributed by atoms with Gasteiger partial charge < -0.3 is 25.1 Å². The van der Waals surface area contributed by atoms with Gasteiger partial charge in [0, 0.05) is 20.2 Å². The van der Waals surface area contributed by atoms with Gasteiger partial charge in [-0.15, -0.1) is 24.0 Å². The van der Waals surface area contributed by atoms with Crippen molar-refractivity contribution < 1.29 is 13.9 Å². The van der Waals surface area contributed by atoms with Crippen molar-refractivity contribution in [2.24, 2.45) is 4.99 Å². The van der Waals surface area contributed by atoms with Crippen molar-refractivity contribution in [1.82, 2.24) is 16.0 Å². The lowest BCUT2D eigenvalue weighted by molar-refractivity contribution is -0.120. The molecular weight excluding hydrogens is 387 g/mol. The number of halogens is 1. The van der Waals surface area contributed by atoms with E-state index in [2.05, 4.69) is 20.9 Å². The monoisotopic (exact) mass is 410 g/mol. The number of carbonyl (C=O) groups is 1. The topological polar surface area (TPSA) is 87.9 Å². The van der Waals surface area contributed by atoms with Gasteiger partial charge in [0.15, 0.2) is 5.96 Å². The second-order valence-electron chi connectivity index (χ2n) is 3.91. The van der Waals surface area contributed by atoms with Gasteiger partial charge in [-0.25, -0.2) is 0 Å². The number of nitrogens with one attached hydrogen (secondary N) is 3. The maximum atomic E-state index is 11.6. The largest absolute Gasteiger partial charge is 0.467 e. The summed E-state index contributed by atoms with van der Waals surface area (Å²) in [6.07, 6.45) is 1.57. The summed E-state index contributed by atoms with van der Waals surface area (Å²) < 4.78 is 10.3. The molecule has 1 heterocycles. The minimum Gasteiger partial charge on any atom is -0.467 e. The molecule has 1 aromatic rings. The van der Waals surface area contributed by atoms with E-state index >= 15 is 0 Å². The maximum absolute atomic E-state index is 11.6. The smallest absolute Gasteiger partial charge is 0.239 e. The van der Waals surface area contributed by atoms with Gasteiger partial charge in [-0.05, 0) is 19.1 Å². The van der Waals surface area contributed by atoms with Gasteiger partial charge in [-0.2, -0.15) is 0 Å². The summed E-state index contributed by atoms with van der Waals surface area (Å²) in [5.74, 6) is 1.16. The van der Waals surface area contributed by atoms with Crippen LogP contribution in [0.2, 0.25) is 0 Å². The molecule has 1 amide bonds. The van der Waals surface area contributed by atoms with Gasteiger partial charge in [-0.1, -0.05) is 0 Å². The molecule has 21 heavy (non-hydrogen) atoms. The minimum atomic E-state index is -0.130. The molecule has 0 fully saturated rings. The van der Waals surface area contributed by atoms with Crippen LogP contribution in [0.3, 0.4) is 0 Å². The quantitative estimate of drug-likeness (QED) is 0.255. The number of carbonyl (C=O) groups excluding carboxylic acids is 1. The van der Waals surface area contributed by atoms with Crippen LogP contribution in [0.4, 0.5) is 0 Å². The Bertz CT molecular complexity index is 410. The third kappa shape index (κ3) is 9.29. The summed E-state index contributed by atoms with van der Waals surface area (Å²) in [4.78, 5) is 15.6. The molecule has 0 bridgehead atoms. The zero-order valence-corrected chi connectivity index (χ0v) is 14.7. The Balaban J connectivity index is 0.00000400. The van der Waals surface area contributed by atoms with Gasteiger partial charge in [0.1, 0.15) is 5.76 Å². The SMILES string of the molecule is CCOCCNC(=NC)NCC(=O)NCc1ccco1.I. The van der Waals surface area contributed by atoms with E-state index in [9.17, 15) is 4.79 Å². The first-order valence-corrected chi connectivity index (χ1v) is 6.57. The minimum absolute atomic E-state index is 0. The van der Waals surface area contributed by atoms with Crippen LogP contribution < -0.4 is 16.0 Å². The molecule has 0 unspecified atom stereocenters. The van der Waals surface area contributed by atoms with Crippen LogP contribution >= 0.6 is 24.0 Å². The van der Waals surface area contributed by atoms with Crippen molar-refractivity contribution in [3.05, 3.63) is 24.2 Å². The van der Waals surface area contributed by atoms with Crippen molar-refractivity contribution in [3.63, 3.8) is 0 Å². The van der Waals surface area contributed by atoms with Gasteiger partial charge in [0.25, 0.3) is 0 Å². The van der Waals surface area contributed by atoms with E-state index in [4.69, 9.17) is 9.15 Å². The van der Waals surface area contributed by atoms with Crippen molar-refractivity contribution in [3.8, 4) is 0 Å². The summed E-state index contributed by atoms with van der Waals surface area (Å²) in [6.45, 7) is 4.39. The second kappa shape index (κ2) is 12.5. The molecular formula is C13H23IN4O3. The molecule has 0 spiro atoms.